The van der Waals surface area contributed by atoms with Crippen LogP contribution >= 0.6 is 0 Å². The van der Waals surface area contributed by atoms with E-state index in [0.29, 0.717) is 25.7 Å². The highest BCUT2D eigenvalue weighted by atomic mass is 16.9. The molecular weight excluding hydrogens is 184 g/mol. The van der Waals surface area contributed by atoms with Gasteiger partial charge in [0.05, 0.1) is 13.2 Å². The molecule has 84 valence electrons. The van der Waals surface area contributed by atoms with Crippen molar-refractivity contribution in [2.45, 2.75) is 26.2 Å². The predicted molar refractivity (Wildman–Crippen MR) is 51.9 cm³/mol. The fourth-order valence-corrected chi connectivity index (χ4v) is 1.42. The van der Waals surface area contributed by atoms with Crippen LogP contribution in [0, 0.1) is 5.92 Å². The van der Waals surface area contributed by atoms with Gasteiger partial charge in [0, 0.05) is 33.2 Å². The quantitative estimate of drug-likeness (QED) is 0.678. The van der Waals surface area contributed by atoms with Gasteiger partial charge in [-0.1, -0.05) is 0 Å². The first-order chi connectivity index (χ1) is 6.70. The summed E-state index contributed by atoms with van der Waals surface area (Å²) in [5, 5.41) is 0. The van der Waals surface area contributed by atoms with E-state index < -0.39 is 5.97 Å². The average Bonchev–Trinajstić information content (AvgIpc) is 2.17. The van der Waals surface area contributed by atoms with Gasteiger partial charge in [-0.25, -0.2) is 0 Å². The summed E-state index contributed by atoms with van der Waals surface area (Å²) < 4.78 is 21.4. The van der Waals surface area contributed by atoms with E-state index in [1.807, 2.05) is 13.8 Å². The van der Waals surface area contributed by atoms with E-state index in [1.165, 1.54) is 0 Å². The smallest absolute Gasteiger partial charge is 0.279 e. The molecule has 4 nitrogen and oxygen atoms in total. The van der Waals surface area contributed by atoms with Gasteiger partial charge in [-0.05, 0) is 13.3 Å². The first kappa shape index (κ1) is 11.9. The summed E-state index contributed by atoms with van der Waals surface area (Å²) in [4.78, 5) is 0. The fourth-order valence-electron chi connectivity index (χ4n) is 1.42. The second kappa shape index (κ2) is 5.66. The molecule has 1 aliphatic heterocycles. The summed E-state index contributed by atoms with van der Waals surface area (Å²) in [5.74, 6) is -0.415. The van der Waals surface area contributed by atoms with Crippen LogP contribution in [0.4, 0.5) is 0 Å². The van der Waals surface area contributed by atoms with E-state index in [4.69, 9.17) is 18.9 Å². The molecule has 0 aromatic carbocycles. The van der Waals surface area contributed by atoms with Gasteiger partial charge >= 0.3 is 0 Å². The predicted octanol–water partition coefficient (Wildman–Crippen LogP) is 1.40. The molecule has 0 bridgehead atoms. The standard InChI is InChI=1S/C10H20O4/c1-4-12-10(2)13-7-9(8-14-10)5-6-11-3/h9H,4-8H2,1-3H3. The van der Waals surface area contributed by atoms with Crippen LogP contribution in [0.25, 0.3) is 0 Å². The Morgan fingerprint density at radius 2 is 2.00 bits per heavy atom. The highest BCUT2D eigenvalue weighted by Crippen LogP contribution is 2.23. The van der Waals surface area contributed by atoms with Crippen molar-refractivity contribution in [3.05, 3.63) is 0 Å². The highest BCUT2D eigenvalue weighted by Gasteiger charge is 2.33. The molecule has 0 atom stereocenters. The van der Waals surface area contributed by atoms with E-state index in [9.17, 15) is 0 Å². The molecule has 1 rings (SSSR count). The molecule has 1 saturated heterocycles. The van der Waals surface area contributed by atoms with Crippen LogP contribution in [0.5, 0.6) is 0 Å². The second-order valence-corrected chi connectivity index (χ2v) is 3.56. The lowest BCUT2D eigenvalue weighted by Crippen LogP contribution is -2.44. The molecule has 0 spiro atoms. The van der Waals surface area contributed by atoms with Gasteiger partial charge in [0.2, 0.25) is 0 Å². The van der Waals surface area contributed by atoms with Crippen LogP contribution in [0.3, 0.4) is 0 Å². The van der Waals surface area contributed by atoms with Crippen molar-refractivity contribution in [3.63, 3.8) is 0 Å². The van der Waals surface area contributed by atoms with E-state index >= 15 is 0 Å². The summed E-state index contributed by atoms with van der Waals surface area (Å²) in [6, 6.07) is 0. The largest absolute Gasteiger partial charge is 0.385 e. The molecule has 0 aromatic heterocycles. The zero-order valence-electron chi connectivity index (χ0n) is 9.25. The Balaban J connectivity index is 2.23. The Morgan fingerprint density at radius 3 is 2.50 bits per heavy atom. The van der Waals surface area contributed by atoms with Crippen LogP contribution in [0.2, 0.25) is 0 Å². The normalized spacial score (nSPS) is 33.2. The number of rotatable bonds is 5. The lowest BCUT2D eigenvalue weighted by Gasteiger charge is -2.36. The van der Waals surface area contributed by atoms with Crippen molar-refractivity contribution < 1.29 is 18.9 Å². The van der Waals surface area contributed by atoms with E-state index in [-0.39, 0.29) is 0 Å². The minimum Gasteiger partial charge on any atom is -0.385 e. The van der Waals surface area contributed by atoms with Gasteiger partial charge in [0.25, 0.3) is 5.97 Å². The third kappa shape index (κ3) is 3.53. The maximum Gasteiger partial charge on any atom is 0.279 e. The van der Waals surface area contributed by atoms with Crippen molar-refractivity contribution in [1.82, 2.24) is 0 Å². The minimum absolute atomic E-state index is 0.420. The van der Waals surface area contributed by atoms with Crippen molar-refractivity contribution >= 4 is 0 Å². The number of methoxy groups -OCH3 is 1. The first-order valence-corrected chi connectivity index (χ1v) is 5.11. The molecule has 1 aliphatic rings. The maximum absolute atomic E-state index is 5.52. The molecule has 0 radical (unpaired) electrons. The molecule has 0 N–H and O–H groups in total. The van der Waals surface area contributed by atoms with Gasteiger partial charge in [-0.3, -0.25) is 0 Å². The summed E-state index contributed by atoms with van der Waals surface area (Å²) in [5.41, 5.74) is 0. The SMILES string of the molecule is CCOC1(C)OCC(CCOC)CO1. The van der Waals surface area contributed by atoms with Gasteiger partial charge in [-0.15, -0.1) is 0 Å². The molecule has 0 aliphatic carbocycles. The average molecular weight is 204 g/mol. The molecule has 1 fully saturated rings. The lowest BCUT2D eigenvalue weighted by atomic mass is 10.1. The van der Waals surface area contributed by atoms with Gasteiger partial charge in [0.1, 0.15) is 0 Å². The van der Waals surface area contributed by atoms with Crippen LogP contribution in [0.15, 0.2) is 0 Å². The highest BCUT2D eigenvalue weighted by molar-refractivity contribution is 4.65. The fraction of sp³-hybridized carbons (Fsp3) is 1.00. The molecule has 0 aromatic rings. The van der Waals surface area contributed by atoms with Gasteiger partial charge in [-0.2, -0.15) is 0 Å². The summed E-state index contributed by atoms with van der Waals surface area (Å²) in [6.45, 7) is 6.44. The Kier molecular flexibility index (Phi) is 4.81. The van der Waals surface area contributed by atoms with E-state index in [2.05, 4.69) is 0 Å². The molecule has 0 saturated carbocycles. The summed E-state index contributed by atoms with van der Waals surface area (Å²) >= 11 is 0. The third-order valence-electron chi connectivity index (χ3n) is 2.30. The molecule has 14 heavy (non-hydrogen) atoms. The van der Waals surface area contributed by atoms with Crippen LogP contribution in [-0.2, 0) is 18.9 Å². The van der Waals surface area contributed by atoms with Crippen LogP contribution < -0.4 is 0 Å². The molecular formula is C10H20O4. The lowest BCUT2D eigenvalue weighted by molar-refractivity contribution is -0.397. The molecule has 4 heteroatoms. The zero-order chi connectivity index (χ0) is 10.4. The molecule has 0 unspecified atom stereocenters. The van der Waals surface area contributed by atoms with Crippen molar-refractivity contribution in [2.75, 3.05) is 33.5 Å². The second-order valence-electron chi connectivity index (χ2n) is 3.56. The summed E-state index contributed by atoms with van der Waals surface area (Å²) in [7, 11) is 1.70. The molecule has 0 amide bonds. The number of hydrogen-bond donors (Lipinski definition) is 0. The maximum atomic E-state index is 5.52. The first-order valence-electron chi connectivity index (χ1n) is 5.11. The van der Waals surface area contributed by atoms with E-state index in [0.717, 1.165) is 13.0 Å². The van der Waals surface area contributed by atoms with Gasteiger partial charge < -0.3 is 18.9 Å². The van der Waals surface area contributed by atoms with Crippen LogP contribution in [-0.4, -0.2) is 39.5 Å². The Labute approximate surface area is 85.5 Å². The van der Waals surface area contributed by atoms with Gasteiger partial charge in [0.15, 0.2) is 0 Å². The monoisotopic (exact) mass is 204 g/mol. The topological polar surface area (TPSA) is 36.9 Å². The number of hydrogen-bond acceptors (Lipinski definition) is 4. The zero-order valence-corrected chi connectivity index (χ0v) is 9.25. The van der Waals surface area contributed by atoms with Crippen molar-refractivity contribution in [2.24, 2.45) is 5.92 Å². The van der Waals surface area contributed by atoms with Crippen LogP contribution in [0.1, 0.15) is 20.3 Å². The van der Waals surface area contributed by atoms with Crippen molar-refractivity contribution in [3.8, 4) is 0 Å². The Morgan fingerprint density at radius 1 is 1.36 bits per heavy atom. The Bertz CT molecular complexity index is 152. The van der Waals surface area contributed by atoms with E-state index in [1.54, 1.807) is 7.11 Å². The van der Waals surface area contributed by atoms with Crippen molar-refractivity contribution in [1.29, 1.82) is 0 Å². The minimum atomic E-state index is -0.835. The number of ether oxygens (including phenoxy) is 4. The Hall–Kier alpha value is -0.160. The summed E-state index contributed by atoms with van der Waals surface area (Å²) in [6.07, 6.45) is 0.971. The molecule has 1 heterocycles. The third-order valence-corrected chi connectivity index (χ3v) is 2.30.